The maximum atomic E-state index is 12.3. The number of rotatable bonds is 4. The zero-order valence-corrected chi connectivity index (χ0v) is 12.7. The minimum absolute atomic E-state index is 0.224. The first-order chi connectivity index (χ1) is 9.19. The number of thioether (sulfide) groups is 1. The summed E-state index contributed by atoms with van der Waals surface area (Å²) in [5.41, 5.74) is 0.872. The molecule has 4 nitrogen and oxygen atoms in total. The Kier molecular flexibility index (Phi) is 5.31. The molecule has 2 rings (SSSR count). The predicted octanol–water partition coefficient (Wildman–Crippen LogP) is 2.10. The van der Waals surface area contributed by atoms with Crippen molar-refractivity contribution in [2.75, 3.05) is 18.8 Å². The molecule has 5 heteroatoms. The lowest BCUT2D eigenvalue weighted by Gasteiger charge is -2.23. The second kappa shape index (κ2) is 6.98. The van der Waals surface area contributed by atoms with Crippen LogP contribution in [0, 0.1) is 0 Å². The van der Waals surface area contributed by atoms with Gasteiger partial charge in [0.15, 0.2) is 0 Å². The van der Waals surface area contributed by atoms with Gasteiger partial charge in [-0.25, -0.2) is 0 Å². The second-order valence-corrected chi connectivity index (χ2v) is 6.65. The molecule has 19 heavy (non-hydrogen) atoms. The molecular weight excluding hydrogens is 258 g/mol. The number of nitrogens with zero attached hydrogens (tertiary/aromatic N) is 3. The van der Waals surface area contributed by atoms with Gasteiger partial charge in [-0.05, 0) is 24.7 Å². The minimum atomic E-state index is 0.224. The summed E-state index contributed by atoms with van der Waals surface area (Å²) < 4.78 is 1.75. The first-order valence-electron chi connectivity index (χ1n) is 7.07. The standard InChI is InChI=1S/C14H23N3OS/c1-3-19-13-6-4-5-8-17(11-13)14(18)10-12-7-9-16(2)15-12/h7,9,13H,3-6,8,10-11H2,1-2H3. The third-order valence-electron chi connectivity index (χ3n) is 3.48. The third kappa shape index (κ3) is 4.27. The van der Waals surface area contributed by atoms with Gasteiger partial charge in [0.2, 0.25) is 5.91 Å². The summed E-state index contributed by atoms with van der Waals surface area (Å²) in [4.78, 5) is 14.4. The van der Waals surface area contributed by atoms with E-state index in [-0.39, 0.29) is 5.91 Å². The van der Waals surface area contributed by atoms with Gasteiger partial charge in [-0.3, -0.25) is 9.48 Å². The molecule has 0 spiro atoms. The van der Waals surface area contributed by atoms with Crippen molar-refractivity contribution in [2.24, 2.45) is 7.05 Å². The van der Waals surface area contributed by atoms with Crippen LogP contribution < -0.4 is 0 Å². The number of carbonyl (C=O) groups is 1. The first kappa shape index (κ1) is 14.4. The smallest absolute Gasteiger partial charge is 0.228 e. The molecule has 1 atom stereocenters. The Labute approximate surface area is 119 Å². The van der Waals surface area contributed by atoms with Crippen LogP contribution in [0.5, 0.6) is 0 Å². The van der Waals surface area contributed by atoms with E-state index in [1.807, 2.05) is 36.0 Å². The van der Waals surface area contributed by atoms with Crippen LogP contribution in [0.15, 0.2) is 12.3 Å². The highest BCUT2D eigenvalue weighted by Crippen LogP contribution is 2.22. The second-order valence-electron chi connectivity index (χ2n) is 5.07. The zero-order chi connectivity index (χ0) is 13.7. The van der Waals surface area contributed by atoms with Gasteiger partial charge >= 0.3 is 0 Å². The Morgan fingerprint density at radius 3 is 3.05 bits per heavy atom. The monoisotopic (exact) mass is 281 g/mol. The summed E-state index contributed by atoms with van der Waals surface area (Å²) >= 11 is 1.98. The summed E-state index contributed by atoms with van der Waals surface area (Å²) in [6, 6.07) is 1.92. The molecule has 1 aromatic rings. The number of hydrogen-bond acceptors (Lipinski definition) is 3. The number of carbonyl (C=O) groups excluding carboxylic acids is 1. The molecule has 1 saturated heterocycles. The van der Waals surface area contributed by atoms with E-state index in [2.05, 4.69) is 12.0 Å². The van der Waals surface area contributed by atoms with Crippen LogP contribution in [-0.4, -0.2) is 44.7 Å². The van der Waals surface area contributed by atoms with Crippen molar-refractivity contribution in [3.63, 3.8) is 0 Å². The van der Waals surface area contributed by atoms with Gasteiger partial charge in [-0.1, -0.05) is 13.3 Å². The topological polar surface area (TPSA) is 38.1 Å². The van der Waals surface area contributed by atoms with Gasteiger partial charge in [0.05, 0.1) is 12.1 Å². The fourth-order valence-corrected chi connectivity index (χ4v) is 3.62. The van der Waals surface area contributed by atoms with Crippen molar-refractivity contribution in [3.05, 3.63) is 18.0 Å². The summed E-state index contributed by atoms with van der Waals surface area (Å²) in [6.45, 7) is 4.01. The van der Waals surface area contributed by atoms with Crippen LogP contribution >= 0.6 is 11.8 Å². The number of likely N-dealkylation sites (tertiary alicyclic amines) is 1. The molecule has 1 aromatic heterocycles. The summed E-state index contributed by atoms with van der Waals surface area (Å²) in [5, 5.41) is 4.90. The van der Waals surface area contributed by atoms with Crippen LogP contribution in [0.1, 0.15) is 31.9 Å². The molecule has 0 aliphatic carbocycles. The fraction of sp³-hybridized carbons (Fsp3) is 0.714. The van der Waals surface area contributed by atoms with Crippen LogP contribution in [0.3, 0.4) is 0 Å². The van der Waals surface area contributed by atoms with Crippen molar-refractivity contribution in [3.8, 4) is 0 Å². The SMILES string of the molecule is CCSC1CCCCN(C(=O)Cc2ccn(C)n2)C1. The summed E-state index contributed by atoms with van der Waals surface area (Å²) in [7, 11) is 1.88. The van der Waals surface area contributed by atoms with E-state index in [0.29, 0.717) is 11.7 Å². The molecule has 0 N–H and O–H groups in total. The van der Waals surface area contributed by atoms with E-state index in [4.69, 9.17) is 0 Å². The van der Waals surface area contributed by atoms with Crippen molar-refractivity contribution in [1.29, 1.82) is 0 Å². The molecule has 0 saturated carbocycles. The Hall–Kier alpha value is -0.970. The van der Waals surface area contributed by atoms with Crippen molar-refractivity contribution in [2.45, 2.75) is 37.9 Å². The van der Waals surface area contributed by atoms with Crippen LogP contribution in [-0.2, 0) is 18.3 Å². The number of amides is 1. The first-order valence-corrected chi connectivity index (χ1v) is 8.12. The summed E-state index contributed by atoms with van der Waals surface area (Å²) in [5.74, 6) is 1.36. The van der Waals surface area contributed by atoms with E-state index in [1.54, 1.807) is 4.68 Å². The molecule has 1 unspecified atom stereocenters. The molecule has 1 aliphatic rings. The lowest BCUT2D eigenvalue weighted by Crippen LogP contribution is -2.36. The average Bonchev–Trinajstić information content (AvgIpc) is 2.65. The highest BCUT2D eigenvalue weighted by Gasteiger charge is 2.22. The molecule has 0 bridgehead atoms. The maximum Gasteiger partial charge on any atom is 0.228 e. The van der Waals surface area contributed by atoms with Crippen LogP contribution in [0.2, 0.25) is 0 Å². The normalized spacial score (nSPS) is 20.3. The molecule has 0 radical (unpaired) electrons. The Morgan fingerprint density at radius 2 is 2.37 bits per heavy atom. The van der Waals surface area contributed by atoms with Gasteiger partial charge in [0, 0.05) is 31.6 Å². The van der Waals surface area contributed by atoms with Crippen molar-refractivity contribution < 1.29 is 4.79 Å². The van der Waals surface area contributed by atoms with Crippen LogP contribution in [0.4, 0.5) is 0 Å². The minimum Gasteiger partial charge on any atom is -0.341 e. The molecule has 2 heterocycles. The predicted molar refractivity (Wildman–Crippen MR) is 79.3 cm³/mol. The molecule has 0 aromatic carbocycles. The Bertz CT molecular complexity index is 419. The zero-order valence-electron chi connectivity index (χ0n) is 11.8. The Balaban J connectivity index is 1.93. The van der Waals surface area contributed by atoms with Crippen LogP contribution in [0.25, 0.3) is 0 Å². The highest BCUT2D eigenvalue weighted by atomic mass is 32.2. The molecular formula is C14H23N3OS. The van der Waals surface area contributed by atoms with Crippen molar-refractivity contribution in [1.82, 2.24) is 14.7 Å². The highest BCUT2D eigenvalue weighted by molar-refractivity contribution is 7.99. The van der Waals surface area contributed by atoms with E-state index in [0.717, 1.165) is 31.0 Å². The number of aromatic nitrogens is 2. The Morgan fingerprint density at radius 1 is 1.53 bits per heavy atom. The van der Waals surface area contributed by atoms with Crippen molar-refractivity contribution >= 4 is 17.7 Å². The van der Waals surface area contributed by atoms with E-state index in [1.165, 1.54) is 12.8 Å². The lowest BCUT2D eigenvalue weighted by atomic mass is 10.2. The fourth-order valence-electron chi connectivity index (χ4n) is 2.53. The van der Waals surface area contributed by atoms with E-state index < -0.39 is 0 Å². The van der Waals surface area contributed by atoms with Gasteiger partial charge in [-0.2, -0.15) is 16.9 Å². The van der Waals surface area contributed by atoms with E-state index >= 15 is 0 Å². The quantitative estimate of drug-likeness (QED) is 0.848. The largest absolute Gasteiger partial charge is 0.341 e. The molecule has 1 amide bonds. The third-order valence-corrected chi connectivity index (χ3v) is 4.67. The molecule has 106 valence electrons. The summed E-state index contributed by atoms with van der Waals surface area (Å²) in [6.07, 6.45) is 5.94. The van der Waals surface area contributed by atoms with Gasteiger partial charge < -0.3 is 4.90 Å². The number of hydrogen-bond donors (Lipinski definition) is 0. The molecule has 1 aliphatic heterocycles. The van der Waals surface area contributed by atoms with Gasteiger partial charge in [0.1, 0.15) is 0 Å². The van der Waals surface area contributed by atoms with Gasteiger partial charge in [-0.15, -0.1) is 0 Å². The maximum absolute atomic E-state index is 12.3. The van der Waals surface area contributed by atoms with Gasteiger partial charge in [0.25, 0.3) is 0 Å². The van der Waals surface area contributed by atoms with E-state index in [9.17, 15) is 4.79 Å². The lowest BCUT2D eigenvalue weighted by molar-refractivity contribution is -0.130. The number of aryl methyl sites for hydroxylation is 1. The molecule has 1 fully saturated rings. The average molecular weight is 281 g/mol.